The van der Waals surface area contributed by atoms with Crippen molar-refractivity contribution in [1.82, 2.24) is 19.3 Å². The second-order valence-electron chi connectivity index (χ2n) is 5.08. The molecule has 0 amide bonds. The summed E-state index contributed by atoms with van der Waals surface area (Å²) in [6, 6.07) is 12.2. The second kappa shape index (κ2) is 6.37. The molecule has 1 aromatic carbocycles. The Hall–Kier alpha value is -2.40. The van der Waals surface area contributed by atoms with Crippen molar-refractivity contribution < 1.29 is 0 Å². The second-order valence-corrected chi connectivity index (χ2v) is 5.08. The van der Waals surface area contributed by atoms with Gasteiger partial charge in [0.05, 0.1) is 24.6 Å². The molecule has 0 saturated heterocycles. The topological polar surface area (TPSA) is 61.7 Å². The van der Waals surface area contributed by atoms with Gasteiger partial charge < -0.3 is 10.3 Å². The molecule has 2 aromatic heterocycles. The molecule has 0 aliphatic heterocycles. The molecule has 5 heteroatoms. The third kappa shape index (κ3) is 3.38. The van der Waals surface area contributed by atoms with Crippen LogP contribution < -0.4 is 5.73 Å². The minimum Gasteiger partial charge on any atom is -0.331 e. The van der Waals surface area contributed by atoms with Gasteiger partial charge in [-0.2, -0.15) is 5.10 Å². The van der Waals surface area contributed by atoms with Crippen molar-refractivity contribution in [2.24, 2.45) is 5.73 Å². The highest BCUT2D eigenvalue weighted by molar-refractivity contribution is 5.18. The summed E-state index contributed by atoms with van der Waals surface area (Å²) >= 11 is 0. The van der Waals surface area contributed by atoms with Gasteiger partial charge in [0, 0.05) is 25.1 Å². The van der Waals surface area contributed by atoms with E-state index >= 15 is 0 Å². The van der Waals surface area contributed by atoms with Gasteiger partial charge in [-0.05, 0) is 18.1 Å². The van der Waals surface area contributed by atoms with Crippen LogP contribution in [0.3, 0.4) is 0 Å². The first-order chi connectivity index (χ1) is 10.3. The van der Waals surface area contributed by atoms with Gasteiger partial charge in [0.1, 0.15) is 0 Å². The number of benzene rings is 1. The van der Waals surface area contributed by atoms with Crippen LogP contribution >= 0.6 is 0 Å². The monoisotopic (exact) mass is 281 g/mol. The first-order valence-corrected chi connectivity index (χ1v) is 7.10. The molecule has 0 aliphatic carbocycles. The van der Waals surface area contributed by atoms with Crippen molar-refractivity contribution in [3.63, 3.8) is 0 Å². The molecule has 3 aromatic rings. The van der Waals surface area contributed by atoms with Crippen molar-refractivity contribution in [3.05, 3.63) is 72.6 Å². The van der Waals surface area contributed by atoms with Crippen LogP contribution in [-0.2, 0) is 19.5 Å². The van der Waals surface area contributed by atoms with Crippen LogP contribution in [0.25, 0.3) is 0 Å². The molecule has 0 bridgehead atoms. The van der Waals surface area contributed by atoms with Gasteiger partial charge in [0.2, 0.25) is 0 Å². The normalized spacial score (nSPS) is 12.4. The van der Waals surface area contributed by atoms with Crippen LogP contribution in [0, 0.1) is 0 Å². The number of imidazole rings is 1. The molecule has 0 fully saturated rings. The maximum atomic E-state index is 6.34. The van der Waals surface area contributed by atoms with E-state index in [2.05, 4.69) is 26.8 Å². The predicted octanol–water partition coefficient (Wildman–Crippen LogP) is 2.02. The van der Waals surface area contributed by atoms with Gasteiger partial charge in [-0.15, -0.1) is 0 Å². The number of aromatic nitrogens is 4. The minimum atomic E-state index is -0.0486. The standard InChI is InChI=1S/C16H19N5/c17-15(11-14-5-2-1-3-6-14)16-12-18-13-20(16)9-10-21-8-4-7-19-21/h1-8,12-13,15H,9-11,17H2/t15-/m1/s1. The SMILES string of the molecule is N[C@H](Cc1ccccc1)c1cncn1CCn1cccn1. The summed E-state index contributed by atoms with van der Waals surface area (Å²) in [6.07, 6.45) is 8.26. The molecular weight excluding hydrogens is 262 g/mol. The number of hydrogen-bond donors (Lipinski definition) is 1. The maximum absolute atomic E-state index is 6.34. The van der Waals surface area contributed by atoms with Crippen molar-refractivity contribution in [1.29, 1.82) is 0 Å². The number of hydrogen-bond acceptors (Lipinski definition) is 3. The Labute approximate surface area is 124 Å². The van der Waals surface area contributed by atoms with Crippen molar-refractivity contribution in [3.8, 4) is 0 Å². The first kappa shape index (κ1) is 13.6. The molecule has 1 atom stereocenters. The maximum Gasteiger partial charge on any atom is 0.0949 e. The highest BCUT2D eigenvalue weighted by Gasteiger charge is 2.12. The molecule has 0 unspecified atom stereocenters. The fourth-order valence-corrected chi connectivity index (χ4v) is 2.44. The number of aryl methyl sites for hydroxylation is 2. The highest BCUT2D eigenvalue weighted by atomic mass is 15.3. The molecule has 0 aliphatic rings. The van der Waals surface area contributed by atoms with E-state index in [9.17, 15) is 0 Å². The van der Waals surface area contributed by atoms with Gasteiger partial charge in [-0.3, -0.25) is 4.68 Å². The zero-order valence-corrected chi connectivity index (χ0v) is 11.8. The van der Waals surface area contributed by atoms with Gasteiger partial charge >= 0.3 is 0 Å². The van der Waals surface area contributed by atoms with Crippen LogP contribution in [-0.4, -0.2) is 19.3 Å². The smallest absolute Gasteiger partial charge is 0.0949 e. The summed E-state index contributed by atoms with van der Waals surface area (Å²) in [5, 5.41) is 4.21. The predicted molar refractivity (Wildman–Crippen MR) is 81.5 cm³/mol. The Morgan fingerprint density at radius 2 is 1.95 bits per heavy atom. The lowest BCUT2D eigenvalue weighted by atomic mass is 10.0. The van der Waals surface area contributed by atoms with E-state index in [0.29, 0.717) is 0 Å². The van der Waals surface area contributed by atoms with Crippen LogP contribution in [0.2, 0.25) is 0 Å². The van der Waals surface area contributed by atoms with E-state index in [1.165, 1.54) is 5.56 Å². The van der Waals surface area contributed by atoms with Crippen molar-refractivity contribution >= 4 is 0 Å². The Kier molecular flexibility index (Phi) is 4.12. The van der Waals surface area contributed by atoms with E-state index in [0.717, 1.165) is 25.2 Å². The molecule has 3 rings (SSSR count). The van der Waals surface area contributed by atoms with Crippen LogP contribution in [0.4, 0.5) is 0 Å². The van der Waals surface area contributed by atoms with E-state index in [4.69, 9.17) is 5.73 Å². The summed E-state index contributed by atoms with van der Waals surface area (Å²) in [7, 11) is 0. The Balaban J connectivity index is 1.66. The first-order valence-electron chi connectivity index (χ1n) is 7.10. The molecule has 5 nitrogen and oxygen atoms in total. The number of nitrogens with zero attached hydrogens (tertiary/aromatic N) is 4. The van der Waals surface area contributed by atoms with Gasteiger partial charge in [-0.25, -0.2) is 4.98 Å². The lowest BCUT2D eigenvalue weighted by molar-refractivity contribution is 0.508. The quantitative estimate of drug-likeness (QED) is 0.752. The Morgan fingerprint density at radius 3 is 2.71 bits per heavy atom. The summed E-state index contributed by atoms with van der Waals surface area (Å²) in [5.41, 5.74) is 8.64. The van der Waals surface area contributed by atoms with Gasteiger partial charge in [-0.1, -0.05) is 30.3 Å². The summed E-state index contributed by atoms with van der Waals surface area (Å²) in [4.78, 5) is 4.24. The van der Waals surface area contributed by atoms with Crippen molar-refractivity contribution in [2.45, 2.75) is 25.6 Å². The Morgan fingerprint density at radius 1 is 1.10 bits per heavy atom. The summed E-state index contributed by atoms with van der Waals surface area (Å²) in [5.74, 6) is 0. The van der Waals surface area contributed by atoms with Crippen LogP contribution in [0.1, 0.15) is 17.3 Å². The van der Waals surface area contributed by atoms with E-state index in [1.54, 1.807) is 6.20 Å². The molecule has 0 spiro atoms. The average Bonchev–Trinajstić information content (AvgIpc) is 3.17. The molecule has 0 radical (unpaired) electrons. The van der Waals surface area contributed by atoms with Crippen molar-refractivity contribution in [2.75, 3.05) is 0 Å². The number of nitrogens with two attached hydrogens (primary N) is 1. The zero-order chi connectivity index (χ0) is 14.5. The van der Waals surface area contributed by atoms with Crippen LogP contribution in [0.5, 0.6) is 0 Å². The molecule has 2 N–H and O–H groups in total. The van der Waals surface area contributed by atoms with Gasteiger partial charge in [0.25, 0.3) is 0 Å². The number of rotatable bonds is 6. The minimum absolute atomic E-state index is 0.0486. The molecule has 21 heavy (non-hydrogen) atoms. The highest BCUT2D eigenvalue weighted by Crippen LogP contribution is 2.15. The molecule has 108 valence electrons. The molecular formula is C16H19N5. The summed E-state index contributed by atoms with van der Waals surface area (Å²) in [6.45, 7) is 1.63. The Bertz CT molecular complexity index is 657. The lowest BCUT2D eigenvalue weighted by Gasteiger charge is -2.15. The van der Waals surface area contributed by atoms with Crippen LogP contribution in [0.15, 0.2) is 61.3 Å². The molecule has 2 heterocycles. The van der Waals surface area contributed by atoms with E-state index < -0.39 is 0 Å². The van der Waals surface area contributed by atoms with E-state index in [-0.39, 0.29) is 6.04 Å². The largest absolute Gasteiger partial charge is 0.331 e. The third-order valence-corrected chi connectivity index (χ3v) is 3.55. The lowest BCUT2D eigenvalue weighted by Crippen LogP contribution is -2.19. The average molecular weight is 281 g/mol. The fourth-order valence-electron chi connectivity index (χ4n) is 2.44. The zero-order valence-electron chi connectivity index (χ0n) is 11.8. The molecule has 0 saturated carbocycles. The summed E-state index contributed by atoms with van der Waals surface area (Å²) < 4.78 is 4.02. The fraction of sp³-hybridized carbons (Fsp3) is 0.250. The van der Waals surface area contributed by atoms with E-state index in [1.807, 2.05) is 47.7 Å². The third-order valence-electron chi connectivity index (χ3n) is 3.55. The van der Waals surface area contributed by atoms with Gasteiger partial charge in [0.15, 0.2) is 0 Å².